The Hall–Kier alpha value is -0.870. The second kappa shape index (κ2) is 23.9. The molecular weight excluding hydrogens is 424 g/mol. The highest BCUT2D eigenvalue weighted by molar-refractivity contribution is 5.69. The highest BCUT2D eigenvalue weighted by Gasteiger charge is 2.30. The minimum atomic E-state index is -0.0604. The summed E-state index contributed by atoms with van der Waals surface area (Å²) in [6.07, 6.45) is 23.9. The van der Waals surface area contributed by atoms with Gasteiger partial charge in [0.25, 0.3) is 0 Å². The molecule has 1 fully saturated rings. The average Bonchev–Trinajstić information content (AvgIpc) is 3.13. The van der Waals surface area contributed by atoms with Crippen molar-refractivity contribution in [3.05, 3.63) is 12.2 Å². The molecule has 4 nitrogen and oxygen atoms in total. The van der Waals surface area contributed by atoms with Gasteiger partial charge in [-0.05, 0) is 50.4 Å². The number of unbranched alkanes of at least 4 members (excludes halogenated alkanes) is 11. The predicted octanol–water partition coefficient (Wildman–Crippen LogP) is 8.67. The van der Waals surface area contributed by atoms with Crippen molar-refractivity contribution < 1.29 is 19.0 Å². The highest BCUT2D eigenvalue weighted by Crippen LogP contribution is 2.28. The van der Waals surface area contributed by atoms with Crippen LogP contribution in [-0.4, -0.2) is 38.5 Å². The molecule has 1 aliphatic rings. The van der Waals surface area contributed by atoms with Crippen LogP contribution in [-0.2, 0) is 19.0 Å². The smallest absolute Gasteiger partial charge is 0.305 e. The monoisotopic (exact) mass is 482 g/mol. The van der Waals surface area contributed by atoms with E-state index in [9.17, 15) is 4.79 Å². The summed E-state index contributed by atoms with van der Waals surface area (Å²) in [5.41, 5.74) is 0. The third kappa shape index (κ3) is 18.5. The molecule has 1 rings (SSSR count). The van der Waals surface area contributed by atoms with Gasteiger partial charge in [-0.25, -0.2) is 0 Å². The fourth-order valence-electron chi connectivity index (χ4n) is 4.35. The van der Waals surface area contributed by atoms with Crippen LogP contribution in [0.3, 0.4) is 0 Å². The summed E-state index contributed by atoms with van der Waals surface area (Å²) >= 11 is 0. The first-order valence-electron chi connectivity index (χ1n) is 14.1. The third-order valence-electron chi connectivity index (χ3n) is 6.94. The Kier molecular flexibility index (Phi) is 23.2. The molecule has 0 radical (unpaired) electrons. The molecular formula is C30H58O4. The molecule has 0 bridgehead atoms. The van der Waals surface area contributed by atoms with E-state index >= 15 is 0 Å². The number of carbonyl (C=O) groups excluding carboxylic acids is 1. The lowest BCUT2D eigenvalue weighted by Gasteiger charge is -2.16. The summed E-state index contributed by atoms with van der Waals surface area (Å²) in [6, 6.07) is 0. The topological polar surface area (TPSA) is 44.8 Å². The number of esters is 1. The summed E-state index contributed by atoms with van der Waals surface area (Å²) in [7, 11) is 0. The van der Waals surface area contributed by atoms with Crippen molar-refractivity contribution >= 4 is 5.97 Å². The molecule has 4 heteroatoms. The van der Waals surface area contributed by atoms with Gasteiger partial charge in [-0.1, -0.05) is 91.7 Å². The van der Waals surface area contributed by atoms with Crippen LogP contribution in [0.15, 0.2) is 12.2 Å². The minimum Gasteiger partial charge on any atom is -0.466 e. The minimum absolute atomic E-state index is 0. The van der Waals surface area contributed by atoms with Crippen LogP contribution in [0.1, 0.15) is 131 Å². The first kappa shape index (κ1) is 33.1. The van der Waals surface area contributed by atoms with E-state index in [0.717, 1.165) is 38.9 Å². The lowest BCUT2D eigenvalue weighted by atomic mass is 9.93. The molecule has 202 valence electrons. The maximum absolute atomic E-state index is 11.8. The van der Waals surface area contributed by atoms with E-state index in [0.29, 0.717) is 37.6 Å². The van der Waals surface area contributed by atoms with Crippen LogP contribution in [0, 0.1) is 11.8 Å². The molecule has 0 N–H and O–H groups in total. The third-order valence-corrected chi connectivity index (χ3v) is 6.94. The van der Waals surface area contributed by atoms with E-state index in [2.05, 4.69) is 32.9 Å². The van der Waals surface area contributed by atoms with E-state index in [1.807, 2.05) is 0 Å². The van der Waals surface area contributed by atoms with Gasteiger partial charge in [0.1, 0.15) is 0 Å². The van der Waals surface area contributed by atoms with Gasteiger partial charge in [-0.3, -0.25) is 4.79 Å². The summed E-state index contributed by atoms with van der Waals surface area (Å²) in [5.74, 6) is 1.21. The van der Waals surface area contributed by atoms with Gasteiger partial charge in [0.2, 0.25) is 0 Å². The van der Waals surface area contributed by atoms with E-state index in [1.54, 1.807) is 0 Å². The van der Waals surface area contributed by atoms with Gasteiger partial charge in [0, 0.05) is 32.7 Å². The summed E-state index contributed by atoms with van der Waals surface area (Å²) < 4.78 is 16.8. The van der Waals surface area contributed by atoms with Crippen molar-refractivity contribution in [1.29, 1.82) is 0 Å². The van der Waals surface area contributed by atoms with Gasteiger partial charge in [0.05, 0.1) is 12.7 Å². The van der Waals surface area contributed by atoms with Gasteiger partial charge >= 0.3 is 5.97 Å². The van der Waals surface area contributed by atoms with Crippen molar-refractivity contribution in [3.8, 4) is 0 Å². The fourth-order valence-corrected chi connectivity index (χ4v) is 4.35. The van der Waals surface area contributed by atoms with Crippen LogP contribution >= 0.6 is 0 Å². The molecule has 0 aromatic heterocycles. The Balaban J connectivity index is 0.0000109. The summed E-state index contributed by atoms with van der Waals surface area (Å²) in [6.45, 7) is 9.50. The number of hydrogen-bond acceptors (Lipinski definition) is 4. The summed E-state index contributed by atoms with van der Waals surface area (Å²) in [5, 5.41) is 0. The predicted molar refractivity (Wildman–Crippen MR) is 145 cm³/mol. The van der Waals surface area contributed by atoms with Crippen molar-refractivity contribution in [2.24, 2.45) is 11.8 Å². The van der Waals surface area contributed by atoms with E-state index in [1.165, 1.54) is 70.6 Å². The molecule has 0 aliphatic carbocycles. The quantitative estimate of drug-likeness (QED) is 0.0879. The Labute approximate surface area is 212 Å². The molecule has 1 heterocycles. The second-order valence-corrected chi connectivity index (χ2v) is 10.0. The van der Waals surface area contributed by atoms with E-state index < -0.39 is 0 Å². The largest absolute Gasteiger partial charge is 0.466 e. The maximum Gasteiger partial charge on any atom is 0.305 e. The van der Waals surface area contributed by atoms with Gasteiger partial charge in [-0.15, -0.1) is 0 Å². The summed E-state index contributed by atoms with van der Waals surface area (Å²) in [4.78, 5) is 11.8. The molecule has 0 spiro atoms. The first-order chi connectivity index (χ1) is 16.1. The lowest BCUT2D eigenvalue weighted by molar-refractivity contribution is -0.144. The fraction of sp³-hybridized carbons (Fsp3) is 0.900. The molecule has 3 atom stereocenters. The number of allylic oxidation sites excluding steroid dienone is 2. The Morgan fingerprint density at radius 2 is 1.44 bits per heavy atom. The van der Waals surface area contributed by atoms with Crippen molar-refractivity contribution in [2.45, 2.75) is 137 Å². The highest BCUT2D eigenvalue weighted by atomic mass is 16.5. The zero-order chi connectivity index (χ0) is 24.0. The molecule has 0 amide bonds. The van der Waals surface area contributed by atoms with Crippen molar-refractivity contribution in [1.82, 2.24) is 0 Å². The number of rotatable bonds is 22. The Morgan fingerprint density at radius 1 is 0.824 bits per heavy atom. The molecule has 1 saturated heterocycles. The zero-order valence-electron chi connectivity index (χ0n) is 22.2. The van der Waals surface area contributed by atoms with E-state index in [-0.39, 0.29) is 13.4 Å². The first-order valence-corrected chi connectivity index (χ1v) is 14.1. The molecule has 1 aliphatic heterocycles. The van der Waals surface area contributed by atoms with Crippen LogP contribution in [0.25, 0.3) is 0 Å². The second-order valence-electron chi connectivity index (χ2n) is 10.0. The normalized spacial score (nSPS) is 20.0. The van der Waals surface area contributed by atoms with Crippen LogP contribution < -0.4 is 0 Å². The number of ether oxygens (including phenoxy) is 3. The molecule has 34 heavy (non-hydrogen) atoms. The van der Waals surface area contributed by atoms with Gasteiger partial charge in [-0.2, -0.15) is 0 Å². The zero-order valence-corrected chi connectivity index (χ0v) is 22.2. The van der Waals surface area contributed by atoms with Gasteiger partial charge in [0.15, 0.2) is 0 Å². The molecule has 0 aromatic carbocycles. The van der Waals surface area contributed by atoms with Crippen molar-refractivity contribution in [3.63, 3.8) is 0 Å². The van der Waals surface area contributed by atoms with Gasteiger partial charge < -0.3 is 14.2 Å². The van der Waals surface area contributed by atoms with Crippen LogP contribution in [0.2, 0.25) is 0 Å². The van der Waals surface area contributed by atoms with Crippen molar-refractivity contribution in [2.75, 3.05) is 26.4 Å². The SMILES string of the molecule is C.CCCCCCCC/C=C/CCCCCCCC(=O)OCCCOCCC1OCC(C)[C@@H]1C. The Bertz CT molecular complexity index is 476. The maximum atomic E-state index is 11.8. The molecule has 2 unspecified atom stereocenters. The lowest BCUT2D eigenvalue weighted by Crippen LogP contribution is -2.18. The molecule has 0 saturated carbocycles. The number of carbonyl (C=O) groups is 1. The average molecular weight is 483 g/mol. The molecule has 0 aromatic rings. The standard InChI is InChI=1S/C29H54O4.CH4/c1-4-5-6-7-8-9-10-11-12-13-14-15-16-17-18-20-29(30)32-23-19-22-31-24-21-28-27(3)26(2)25-33-28;/h11-12,26-28H,4-10,13-25H2,1-3H3;1H4/b12-11+;/t26?,27-,28?;/m0./s1. The Morgan fingerprint density at radius 3 is 2.06 bits per heavy atom. The van der Waals surface area contributed by atoms with Crippen LogP contribution in [0.4, 0.5) is 0 Å². The van der Waals surface area contributed by atoms with Crippen LogP contribution in [0.5, 0.6) is 0 Å². The van der Waals surface area contributed by atoms with E-state index in [4.69, 9.17) is 14.2 Å². The number of hydrogen-bond donors (Lipinski definition) is 0.